The van der Waals surface area contributed by atoms with Crippen LogP contribution in [0.25, 0.3) is 0 Å². The molecule has 2 aliphatic heterocycles. The van der Waals surface area contributed by atoms with Crippen LogP contribution in [0.5, 0.6) is 0 Å². The number of benzene rings is 1. The molecule has 1 atom stereocenters. The maximum Gasteiger partial charge on any atom is 0.231 e. The van der Waals surface area contributed by atoms with Crippen LogP contribution in [0.1, 0.15) is 17.0 Å². The second kappa shape index (κ2) is 6.74. The Hall–Kier alpha value is -1.96. The lowest BCUT2D eigenvalue weighted by Crippen LogP contribution is -2.28. The molecular formula is C17H16ClN3O3S. The van der Waals surface area contributed by atoms with E-state index >= 15 is 0 Å². The third kappa shape index (κ3) is 3.40. The Morgan fingerprint density at radius 2 is 2.16 bits per heavy atom. The van der Waals surface area contributed by atoms with Crippen molar-refractivity contribution in [2.24, 2.45) is 5.92 Å². The smallest absolute Gasteiger partial charge is 0.231 e. The number of aromatic nitrogens is 1. The first-order valence-corrected chi connectivity index (χ1v) is 9.23. The Morgan fingerprint density at radius 1 is 1.36 bits per heavy atom. The average Bonchev–Trinajstić information content (AvgIpc) is 3.18. The van der Waals surface area contributed by atoms with Gasteiger partial charge in [0.15, 0.2) is 5.13 Å². The maximum atomic E-state index is 12.5. The topological polar surface area (TPSA) is 71.5 Å². The number of hydrogen-bond donors (Lipinski definition) is 1. The van der Waals surface area contributed by atoms with Gasteiger partial charge in [-0.2, -0.15) is 0 Å². The lowest BCUT2D eigenvalue weighted by Gasteiger charge is -2.16. The summed E-state index contributed by atoms with van der Waals surface area (Å²) in [4.78, 5) is 31.9. The lowest BCUT2D eigenvalue weighted by molar-refractivity contribution is -0.122. The summed E-state index contributed by atoms with van der Waals surface area (Å²) < 4.78 is 5.40. The van der Waals surface area contributed by atoms with Crippen molar-refractivity contribution in [3.05, 3.63) is 39.9 Å². The Balaban J connectivity index is 1.43. The van der Waals surface area contributed by atoms with Crippen LogP contribution in [-0.2, 0) is 27.4 Å². The number of halogens is 1. The first-order valence-electron chi connectivity index (χ1n) is 8.03. The molecule has 3 heterocycles. The van der Waals surface area contributed by atoms with Crippen LogP contribution in [0.3, 0.4) is 0 Å². The van der Waals surface area contributed by atoms with Crippen molar-refractivity contribution in [3.63, 3.8) is 0 Å². The molecule has 0 saturated carbocycles. The molecule has 1 N–H and O–H groups in total. The van der Waals surface area contributed by atoms with E-state index in [1.165, 1.54) is 11.3 Å². The van der Waals surface area contributed by atoms with Crippen molar-refractivity contribution in [2.45, 2.75) is 19.4 Å². The third-order valence-corrected chi connectivity index (χ3v) is 5.60. The van der Waals surface area contributed by atoms with E-state index in [9.17, 15) is 9.59 Å². The quantitative estimate of drug-likeness (QED) is 0.892. The highest BCUT2D eigenvalue weighted by Crippen LogP contribution is 2.30. The summed E-state index contributed by atoms with van der Waals surface area (Å²) in [5.74, 6) is -0.619. The molecule has 0 aliphatic carbocycles. The minimum absolute atomic E-state index is 0.0608. The summed E-state index contributed by atoms with van der Waals surface area (Å²) in [6, 6.07) is 7.05. The normalized spacial score (nSPS) is 19.8. The first-order chi connectivity index (χ1) is 12.1. The highest BCUT2D eigenvalue weighted by atomic mass is 35.5. The molecule has 1 fully saturated rings. The Labute approximate surface area is 153 Å². The summed E-state index contributed by atoms with van der Waals surface area (Å²) in [5, 5.41) is 4.05. The summed E-state index contributed by atoms with van der Waals surface area (Å²) in [6.07, 6.45) is 0.969. The second-order valence-corrected chi connectivity index (χ2v) is 7.58. The number of amides is 2. The van der Waals surface area contributed by atoms with Crippen molar-refractivity contribution < 1.29 is 14.3 Å². The number of anilines is 2. The molecule has 25 heavy (non-hydrogen) atoms. The summed E-state index contributed by atoms with van der Waals surface area (Å²) in [7, 11) is 0. The number of carbonyl (C=O) groups is 2. The molecule has 1 aromatic carbocycles. The minimum atomic E-state index is -0.389. The van der Waals surface area contributed by atoms with Gasteiger partial charge in [-0.15, -0.1) is 0 Å². The molecule has 0 radical (unpaired) electrons. The number of nitrogens with zero attached hydrogens (tertiary/aromatic N) is 2. The van der Waals surface area contributed by atoms with Crippen molar-refractivity contribution in [1.29, 1.82) is 0 Å². The molecular weight excluding hydrogens is 362 g/mol. The number of rotatable bonds is 3. The standard InChI is InChI=1S/C17H16ClN3O3S/c18-11-1-3-12(4-2-11)21-8-10(7-15(21)22)16(23)20-17-19-13-5-6-24-9-14(13)25-17/h1-4,10H,5-9H2,(H,19,20,23). The van der Waals surface area contributed by atoms with Crippen LogP contribution in [0.4, 0.5) is 10.8 Å². The number of nitrogens with one attached hydrogen (secondary N) is 1. The van der Waals surface area contributed by atoms with Gasteiger partial charge in [-0.3, -0.25) is 9.59 Å². The fourth-order valence-corrected chi connectivity index (χ4v) is 4.11. The zero-order chi connectivity index (χ0) is 17.4. The van der Waals surface area contributed by atoms with Crippen molar-refractivity contribution in [1.82, 2.24) is 4.98 Å². The van der Waals surface area contributed by atoms with Crippen LogP contribution < -0.4 is 10.2 Å². The number of fused-ring (bicyclic) bond motifs is 1. The molecule has 8 heteroatoms. The molecule has 1 saturated heterocycles. The van der Waals surface area contributed by atoms with E-state index in [1.807, 2.05) is 0 Å². The highest BCUT2D eigenvalue weighted by molar-refractivity contribution is 7.15. The largest absolute Gasteiger partial charge is 0.375 e. The van der Waals surface area contributed by atoms with Gasteiger partial charge in [0.05, 0.1) is 29.7 Å². The van der Waals surface area contributed by atoms with Gasteiger partial charge in [0.25, 0.3) is 0 Å². The van der Waals surface area contributed by atoms with Crippen molar-refractivity contribution >= 4 is 45.6 Å². The number of ether oxygens (including phenoxy) is 1. The van der Waals surface area contributed by atoms with Crippen LogP contribution >= 0.6 is 22.9 Å². The van der Waals surface area contributed by atoms with Gasteiger partial charge in [0, 0.05) is 30.1 Å². The molecule has 4 rings (SSSR count). The van der Waals surface area contributed by atoms with E-state index in [4.69, 9.17) is 16.3 Å². The Morgan fingerprint density at radius 3 is 2.92 bits per heavy atom. The van der Waals surface area contributed by atoms with Crippen LogP contribution in [0, 0.1) is 5.92 Å². The van der Waals surface area contributed by atoms with E-state index in [0.717, 1.165) is 22.7 Å². The number of thiazole rings is 1. The molecule has 1 unspecified atom stereocenters. The van der Waals surface area contributed by atoms with Crippen LogP contribution in [-0.4, -0.2) is 29.9 Å². The van der Waals surface area contributed by atoms with Crippen LogP contribution in [0.2, 0.25) is 5.02 Å². The Kier molecular flexibility index (Phi) is 4.45. The predicted molar refractivity (Wildman–Crippen MR) is 96.0 cm³/mol. The number of hydrogen-bond acceptors (Lipinski definition) is 5. The monoisotopic (exact) mass is 377 g/mol. The SMILES string of the molecule is O=C(Nc1nc2c(s1)COCC2)C1CC(=O)N(c2ccc(Cl)cc2)C1. The fourth-order valence-electron chi connectivity index (χ4n) is 3.04. The van der Waals surface area contributed by atoms with Gasteiger partial charge in [-0.25, -0.2) is 4.98 Å². The van der Waals surface area contributed by atoms with Gasteiger partial charge in [-0.1, -0.05) is 22.9 Å². The first kappa shape index (κ1) is 16.5. The lowest BCUT2D eigenvalue weighted by atomic mass is 10.1. The van der Waals surface area contributed by atoms with Crippen molar-refractivity contribution in [3.8, 4) is 0 Å². The van der Waals surface area contributed by atoms with Gasteiger partial charge >= 0.3 is 0 Å². The predicted octanol–water partition coefficient (Wildman–Crippen LogP) is 2.86. The van der Waals surface area contributed by atoms with Gasteiger partial charge < -0.3 is 15.0 Å². The van der Waals surface area contributed by atoms with E-state index in [2.05, 4.69) is 10.3 Å². The Bertz CT molecular complexity index is 798. The zero-order valence-electron chi connectivity index (χ0n) is 13.3. The molecule has 6 nitrogen and oxygen atoms in total. The molecule has 2 aromatic rings. The highest BCUT2D eigenvalue weighted by Gasteiger charge is 2.35. The molecule has 2 aliphatic rings. The molecule has 1 aromatic heterocycles. The van der Waals surface area contributed by atoms with Crippen molar-refractivity contribution in [2.75, 3.05) is 23.4 Å². The van der Waals surface area contributed by atoms with E-state index in [0.29, 0.717) is 29.9 Å². The average molecular weight is 378 g/mol. The van der Waals surface area contributed by atoms with E-state index < -0.39 is 0 Å². The summed E-state index contributed by atoms with van der Waals surface area (Å²) >= 11 is 7.33. The van der Waals surface area contributed by atoms with E-state index in [1.54, 1.807) is 29.2 Å². The fraction of sp³-hybridized carbons (Fsp3) is 0.353. The minimum Gasteiger partial charge on any atom is -0.375 e. The van der Waals surface area contributed by atoms with Gasteiger partial charge in [0.2, 0.25) is 11.8 Å². The summed E-state index contributed by atoms with van der Waals surface area (Å²) in [5.41, 5.74) is 1.75. The number of carbonyl (C=O) groups excluding carboxylic acids is 2. The maximum absolute atomic E-state index is 12.5. The molecule has 130 valence electrons. The molecule has 2 amide bonds. The third-order valence-electron chi connectivity index (χ3n) is 4.36. The zero-order valence-corrected chi connectivity index (χ0v) is 14.9. The molecule has 0 spiro atoms. The second-order valence-electron chi connectivity index (χ2n) is 6.06. The van der Waals surface area contributed by atoms with Crippen LogP contribution in [0.15, 0.2) is 24.3 Å². The van der Waals surface area contributed by atoms with E-state index in [-0.39, 0.29) is 24.2 Å². The summed E-state index contributed by atoms with van der Waals surface area (Å²) in [6.45, 7) is 1.58. The van der Waals surface area contributed by atoms with Gasteiger partial charge in [0.1, 0.15) is 0 Å². The molecule has 0 bridgehead atoms. The van der Waals surface area contributed by atoms with Gasteiger partial charge in [-0.05, 0) is 24.3 Å².